The van der Waals surface area contributed by atoms with Gasteiger partial charge in [0.25, 0.3) is 0 Å². The minimum atomic E-state index is -0.358. The molecule has 0 saturated heterocycles. The zero-order chi connectivity index (χ0) is 15.1. The molecule has 0 aliphatic heterocycles. The van der Waals surface area contributed by atoms with Gasteiger partial charge in [-0.25, -0.2) is 9.78 Å². The van der Waals surface area contributed by atoms with Crippen molar-refractivity contribution in [3.63, 3.8) is 0 Å². The molecule has 0 atom stereocenters. The van der Waals surface area contributed by atoms with Crippen molar-refractivity contribution in [2.75, 3.05) is 13.7 Å². The van der Waals surface area contributed by atoms with Crippen molar-refractivity contribution in [1.82, 2.24) is 14.9 Å². The summed E-state index contributed by atoms with van der Waals surface area (Å²) in [4.78, 5) is 15.5. The number of esters is 1. The van der Waals surface area contributed by atoms with Gasteiger partial charge < -0.3 is 19.0 Å². The van der Waals surface area contributed by atoms with Gasteiger partial charge >= 0.3 is 5.97 Å². The molecular formula is C15H21N3O3. The highest BCUT2D eigenvalue weighted by Crippen LogP contribution is 2.15. The van der Waals surface area contributed by atoms with E-state index in [-0.39, 0.29) is 5.97 Å². The molecule has 2 rings (SSSR count). The molecule has 0 unspecified atom stereocenters. The Morgan fingerprint density at radius 3 is 3.05 bits per heavy atom. The van der Waals surface area contributed by atoms with Crippen LogP contribution in [0, 0.1) is 6.92 Å². The number of rotatable bonds is 8. The van der Waals surface area contributed by atoms with Gasteiger partial charge in [-0.2, -0.15) is 0 Å². The van der Waals surface area contributed by atoms with E-state index >= 15 is 0 Å². The molecule has 2 heterocycles. The second kappa shape index (κ2) is 7.64. The zero-order valence-corrected chi connectivity index (χ0v) is 12.5. The molecule has 0 radical (unpaired) electrons. The van der Waals surface area contributed by atoms with Crippen LogP contribution in [0.1, 0.15) is 34.7 Å². The topological polar surface area (TPSA) is 69.3 Å². The van der Waals surface area contributed by atoms with Crippen molar-refractivity contribution < 1.29 is 13.9 Å². The minimum Gasteiger partial charge on any atom is -0.465 e. The van der Waals surface area contributed by atoms with Crippen molar-refractivity contribution >= 4 is 5.97 Å². The first kappa shape index (κ1) is 15.3. The third-order valence-electron chi connectivity index (χ3n) is 3.25. The lowest BCUT2D eigenvalue weighted by molar-refractivity contribution is 0.0599. The summed E-state index contributed by atoms with van der Waals surface area (Å²) >= 11 is 0. The Labute approximate surface area is 124 Å². The van der Waals surface area contributed by atoms with Crippen LogP contribution in [0.2, 0.25) is 0 Å². The molecule has 0 aliphatic rings. The van der Waals surface area contributed by atoms with Gasteiger partial charge in [0, 0.05) is 18.9 Å². The van der Waals surface area contributed by atoms with Crippen LogP contribution in [0.25, 0.3) is 0 Å². The number of nitrogens with zero attached hydrogens (tertiary/aromatic N) is 2. The summed E-state index contributed by atoms with van der Waals surface area (Å²) in [5.74, 6) is 0.990. The largest absolute Gasteiger partial charge is 0.465 e. The van der Waals surface area contributed by atoms with E-state index < -0.39 is 0 Å². The van der Waals surface area contributed by atoms with Crippen LogP contribution in [0.4, 0.5) is 0 Å². The summed E-state index contributed by atoms with van der Waals surface area (Å²) < 4.78 is 12.3. The summed E-state index contributed by atoms with van der Waals surface area (Å²) in [5, 5.41) is 3.31. The standard InChI is InChI=1S/C15H21N3O3/c1-12-14(15(19)20-2)9-13(21-12)10-16-5-3-4-7-18-8-6-17-11-18/h6,8-9,11,16H,3-5,7,10H2,1-2H3. The highest BCUT2D eigenvalue weighted by molar-refractivity contribution is 5.90. The van der Waals surface area contributed by atoms with Crippen molar-refractivity contribution in [2.24, 2.45) is 0 Å². The van der Waals surface area contributed by atoms with Crippen LogP contribution in [0.3, 0.4) is 0 Å². The second-order valence-electron chi connectivity index (χ2n) is 4.86. The first-order valence-electron chi connectivity index (χ1n) is 7.05. The molecule has 6 heteroatoms. The monoisotopic (exact) mass is 291 g/mol. The van der Waals surface area contributed by atoms with E-state index in [0.29, 0.717) is 17.9 Å². The molecular weight excluding hydrogens is 270 g/mol. The number of aromatic nitrogens is 2. The van der Waals surface area contributed by atoms with Gasteiger partial charge in [0.2, 0.25) is 0 Å². The Hall–Kier alpha value is -2.08. The number of nitrogens with one attached hydrogen (secondary N) is 1. The third-order valence-corrected chi connectivity index (χ3v) is 3.25. The maximum atomic E-state index is 11.5. The van der Waals surface area contributed by atoms with E-state index in [1.54, 1.807) is 19.2 Å². The molecule has 114 valence electrons. The highest BCUT2D eigenvalue weighted by Gasteiger charge is 2.14. The van der Waals surface area contributed by atoms with E-state index in [4.69, 9.17) is 9.15 Å². The number of furan rings is 1. The summed E-state index contributed by atoms with van der Waals surface area (Å²) in [6.07, 6.45) is 7.74. The Bertz CT molecular complexity index is 561. The molecule has 2 aromatic heterocycles. The third kappa shape index (κ3) is 4.46. The van der Waals surface area contributed by atoms with E-state index in [0.717, 1.165) is 31.7 Å². The van der Waals surface area contributed by atoms with Crippen LogP contribution < -0.4 is 5.32 Å². The first-order chi connectivity index (χ1) is 10.2. The maximum Gasteiger partial charge on any atom is 0.341 e. The van der Waals surface area contributed by atoms with E-state index in [1.165, 1.54) is 7.11 Å². The number of carbonyl (C=O) groups is 1. The lowest BCUT2D eigenvalue weighted by atomic mass is 10.2. The first-order valence-corrected chi connectivity index (χ1v) is 7.05. The average Bonchev–Trinajstić information content (AvgIpc) is 3.11. The van der Waals surface area contributed by atoms with Crippen LogP contribution >= 0.6 is 0 Å². The van der Waals surface area contributed by atoms with Crippen LogP contribution in [0.15, 0.2) is 29.2 Å². The molecule has 1 N–H and O–H groups in total. The fourth-order valence-electron chi connectivity index (χ4n) is 2.12. The van der Waals surface area contributed by atoms with Crippen molar-refractivity contribution in [3.05, 3.63) is 41.9 Å². The number of aryl methyl sites for hydroxylation is 2. The Morgan fingerprint density at radius 2 is 2.33 bits per heavy atom. The lowest BCUT2D eigenvalue weighted by Crippen LogP contribution is -2.14. The molecule has 6 nitrogen and oxygen atoms in total. The van der Waals surface area contributed by atoms with Gasteiger partial charge in [0.1, 0.15) is 17.1 Å². The van der Waals surface area contributed by atoms with E-state index in [9.17, 15) is 4.79 Å². The van der Waals surface area contributed by atoms with Gasteiger partial charge in [0.15, 0.2) is 0 Å². The summed E-state index contributed by atoms with van der Waals surface area (Å²) in [6, 6.07) is 1.74. The molecule has 2 aromatic rings. The SMILES string of the molecule is COC(=O)c1cc(CNCCCCn2ccnc2)oc1C. The number of hydrogen-bond donors (Lipinski definition) is 1. The number of unbranched alkanes of at least 4 members (excludes halogenated alkanes) is 1. The number of ether oxygens (including phenoxy) is 1. The summed E-state index contributed by atoms with van der Waals surface area (Å²) in [5.41, 5.74) is 0.495. The molecule has 0 bridgehead atoms. The molecule has 0 amide bonds. The maximum absolute atomic E-state index is 11.5. The zero-order valence-electron chi connectivity index (χ0n) is 12.5. The minimum absolute atomic E-state index is 0.358. The molecule has 0 aliphatic carbocycles. The lowest BCUT2D eigenvalue weighted by Gasteiger charge is -2.03. The predicted octanol–water partition coefficient (Wildman–Crippen LogP) is 2.14. The number of carbonyl (C=O) groups excluding carboxylic acids is 1. The van der Waals surface area contributed by atoms with Gasteiger partial charge in [0.05, 0.1) is 20.0 Å². The van der Waals surface area contributed by atoms with Crippen LogP contribution in [-0.2, 0) is 17.8 Å². The smallest absolute Gasteiger partial charge is 0.341 e. The average molecular weight is 291 g/mol. The highest BCUT2D eigenvalue weighted by atomic mass is 16.5. The van der Waals surface area contributed by atoms with E-state index in [1.807, 2.05) is 12.5 Å². The van der Waals surface area contributed by atoms with Crippen LogP contribution in [0.5, 0.6) is 0 Å². The second-order valence-corrected chi connectivity index (χ2v) is 4.86. The fourth-order valence-corrected chi connectivity index (χ4v) is 2.12. The van der Waals surface area contributed by atoms with Gasteiger partial charge in [-0.1, -0.05) is 0 Å². The van der Waals surface area contributed by atoms with Crippen molar-refractivity contribution in [3.8, 4) is 0 Å². The molecule has 0 spiro atoms. The summed E-state index contributed by atoms with van der Waals surface area (Å²) in [6.45, 7) is 4.26. The van der Waals surface area contributed by atoms with Gasteiger partial charge in [-0.05, 0) is 32.4 Å². The summed E-state index contributed by atoms with van der Waals surface area (Å²) in [7, 11) is 1.37. The van der Waals surface area contributed by atoms with Crippen molar-refractivity contribution in [1.29, 1.82) is 0 Å². The molecule has 0 fully saturated rings. The Kier molecular flexibility index (Phi) is 5.57. The van der Waals surface area contributed by atoms with Crippen LogP contribution in [-0.4, -0.2) is 29.2 Å². The van der Waals surface area contributed by atoms with E-state index in [2.05, 4.69) is 14.9 Å². The number of hydrogen-bond acceptors (Lipinski definition) is 5. The predicted molar refractivity (Wildman–Crippen MR) is 78.0 cm³/mol. The van der Waals surface area contributed by atoms with Gasteiger partial charge in [-0.15, -0.1) is 0 Å². The molecule has 0 saturated carbocycles. The Balaban J connectivity index is 1.65. The molecule has 21 heavy (non-hydrogen) atoms. The Morgan fingerprint density at radius 1 is 1.48 bits per heavy atom. The fraction of sp³-hybridized carbons (Fsp3) is 0.467. The van der Waals surface area contributed by atoms with Gasteiger partial charge in [-0.3, -0.25) is 0 Å². The number of methoxy groups -OCH3 is 1. The molecule has 0 aromatic carbocycles. The normalized spacial score (nSPS) is 10.8. The quantitative estimate of drug-likeness (QED) is 0.596. The number of imidazole rings is 1. The van der Waals surface area contributed by atoms with Crippen molar-refractivity contribution in [2.45, 2.75) is 32.9 Å².